The Labute approximate surface area is 114 Å². The SMILES string of the molecule is CCC1(C(=O)NCCNC(=O)C2CC2)CCNCC1. The van der Waals surface area contributed by atoms with Crippen molar-refractivity contribution in [2.75, 3.05) is 26.2 Å². The Morgan fingerprint density at radius 3 is 2.37 bits per heavy atom. The largest absolute Gasteiger partial charge is 0.354 e. The summed E-state index contributed by atoms with van der Waals surface area (Å²) in [5.41, 5.74) is -0.203. The predicted molar refractivity (Wildman–Crippen MR) is 73.6 cm³/mol. The predicted octanol–water partition coefficient (Wildman–Crippen LogP) is 0.409. The molecule has 1 saturated heterocycles. The van der Waals surface area contributed by atoms with Gasteiger partial charge in [0.2, 0.25) is 11.8 Å². The molecule has 0 unspecified atom stereocenters. The van der Waals surface area contributed by atoms with Crippen LogP contribution in [0, 0.1) is 11.3 Å². The summed E-state index contributed by atoms with van der Waals surface area (Å²) in [6.07, 6.45) is 4.73. The van der Waals surface area contributed by atoms with Crippen LogP contribution in [0.5, 0.6) is 0 Å². The van der Waals surface area contributed by atoms with Crippen molar-refractivity contribution in [2.45, 2.75) is 39.0 Å². The van der Waals surface area contributed by atoms with Crippen molar-refractivity contribution in [1.82, 2.24) is 16.0 Å². The molecule has 5 heteroatoms. The maximum absolute atomic E-state index is 12.3. The lowest BCUT2D eigenvalue weighted by Crippen LogP contribution is -2.48. The Morgan fingerprint density at radius 2 is 1.79 bits per heavy atom. The van der Waals surface area contributed by atoms with E-state index in [0.29, 0.717) is 13.1 Å². The van der Waals surface area contributed by atoms with Crippen molar-refractivity contribution in [3.63, 3.8) is 0 Å². The van der Waals surface area contributed by atoms with Crippen molar-refractivity contribution in [2.24, 2.45) is 11.3 Å². The second-order valence-electron chi connectivity index (χ2n) is 5.71. The summed E-state index contributed by atoms with van der Waals surface area (Å²) < 4.78 is 0. The van der Waals surface area contributed by atoms with Gasteiger partial charge in [0.05, 0.1) is 5.41 Å². The Balaban J connectivity index is 1.68. The van der Waals surface area contributed by atoms with E-state index >= 15 is 0 Å². The molecule has 2 rings (SSSR count). The molecule has 2 amide bonds. The first-order chi connectivity index (χ1) is 9.18. The van der Waals surface area contributed by atoms with Crippen LogP contribution in [-0.4, -0.2) is 38.0 Å². The summed E-state index contributed by atoms with van der Waals surface area (Å²) in [6, 6.07) is 0. The third-order valence-electron chi connectivity index (χ3n) is 4.38. The van der Waals surface area contributed by atoms with E-state index in [4.69, 9.17) is 0 Å². The maximum atomic E-state index is 12.3. The third kappa shape index (κ3) is 3.69. The number of piperidine rings is 1. The standard InChI is InChI=1S/C14H25N3O2/c1-2-14(5-7-15-8-6-14)13(19)17-10-9-16-12(18)11-3-4-11/h11,15H,2-10H2,1H3,(H,16,18)(H,17,19). The zero-order valence-corrected chi connectivity index (χ0v) is 11.8. The molecule has 1 heterocycles. The van der Waals surface area contributed by atoms with Crippen LogP contribution in [0.25, 0.3) is 0 Å². The molecule has 1 aliphatic heterocycles. The van der Waals surface area contributed by atoms with Crippen LogP contribution in [0.15, 0.2) is 0 Å². The first kappa shape index (κ1) is 14.3. The minimum Gasteiger partial charge on any atom is -0.354 e. The highest BCUT2D eigenvalue weighted by Crippen LogP contribution is 2.32. The maximum Gasteiger partial charge on any atom is 0.226 e. The minimum atomic E-state index is -0.203. The summed E-state index contributed by atoms with van der Waals surface area (Å²) >= 11 is 0. The van der Waals surface area contributed by atoms with E-state index in [9.17, 15) is 9.59 Å². The minimum absolute atomic E-state index is 0.140. The Hall–Kier alpha value is -1.10. The first-order valence-corrected chi connectivity index (χ1v) is 7.45. The fourth-order valence-corrected chi connectivity index (χ4v) is 2.69. The fourth-order valence-electron chi connectivity index (χ4n) is 2.69. The molecule has 108 valence electrons. The molecule has 0 radical (unpaired) electrons. The molecule has 5 nitrogen and oxygen atoms in total. The number of nitrogens with one attached hydrogen (secondary N) is 3. The summed E-state index contributed by atoms with van der Waals surface area (Å²) in [6.45, 7) is 4.99. The lowest BCUT2D eigenvalue weighted by Gasteiger charge is -2.35. The molecule has 0 bridgehead atoms. The van der Waals surface area contributed by atoms with Crippen molar-refractivity contribution >= 4 is 11.8 Å². The van der Waals surface area contributed by atoms with Crippen LogP contribution in [0.4, 0.5) is 0 Å². The number of carbonyl (C=O) groups excluding carboxylic acids is 2. The number of hydrogen-bond donors (Lipinski definition) is 3. The molecule has 2 aliphatic rings. The Bertz CT molecular complexity index is 334. The van der Waals surface area contributed by atoms with E-state index in [1.807, 2.05) is 0 Å². The van der Waals surface area contributed by atoms with Gasteiger partial charge in [-0.25, -0.2) is 0 Å². The quantitative estimate of drug-likeness (QED) is 0.610. The van der Waals surface area contributed by atoms with E-state index in [0.717, 1.165) is 45.2 Å². The molecule has 0 aromatic heterocycles. The smallest absolute Gasteiger partial charge is 0.226 e. The summed E-state index contributed by atoms with van der Waals surface area (Å²) in [4.78, 5) is 23.7. The van der Waals surface area contributed by atoms with Gasteiger partial charge in [-0.2, -0.15) is 0 Å². The monoisotopic (exact) mass is 267 g/mol. The van der Waals surface area contributed by atoms with E-state index in [2.05, 4.69) is 22.9 Å². The van der Waals surface area contributed by atoms with Gasteiger partial charge in [-0.05, 0) is 45.2 Å². The van der Waals surface area contributed by atoms with Crippen LogP contribution >= 0.6 is 0 Å². The van der Waals surface area contributed by atoms with Gasteiger partial charge in [0.1, 0.15) is 0 Å². The Morgan fingerprint density at radius 1 is 1.16 bits per heavy atom. The molecule has 19 heavy (non-hydrogen) atoms. The molecule has 0 aromatic rings. The average Bonchev–Trinajstić information content (AvgIpc) is 3.28. The van der Waals surface area contributed by atoms with E-state index in [-0.39, 0.29) is 23.1 Å². The molecule has 3 N–H and O–H groups in total. The van der Waals surface area contributed by atoms with Crippen LogP contribution in [0.3, 0.4) is 0 Å². The summed E-state index contributed by atoms with van der Waals surface area (Å²) in [7, 11) is 0. The zero-order valence-electron chi connectivity index (χ0n) is 11.8. The second kappa shape index (κ2) is 6.37. The fraction of sp³-hybridized carbons (Fsp3) is 0.857. The van der Waals surface area contributed by atoms with Crippen LogP contribution in [-0.2, 0) is 9.59 Å². The number of carbonyl (C=O) groups is 2. The van der Waals surface area contributed by atoms with Gasteiger partial charge in [0.15, 0.2) is 0 Å². The zero-order chi connectivity index (χ0) is 13.7. The summed E-state index contributed by atoms with van der Waals surface area (Å²) in [5.74, 6) is 0.528. The van der Waals surface area contributed by atoms with Crippen molar-refractivity contribution in [1.29, 1.82) is 0 Å². The molecule has 0 spiro atoms. The van der Waals surface area contributed by atoms with Crippen molar-refractivity contribution in [3.8, 4) is 0 Å². The number of rotatable bonds is 6. The number of amides is 2. The van der Waals surface area contributed by atoms with Crippen LogP contribution in [0.2, 0.25) is 0 Å². The van der Waals surface area contributed by atoms with Crippen LogP contribution < -0.4 is 16.0 Å². The highest BCUT2D eigenvalue weighted by molar-refractivity contribution is 5.83. The third-order valence-corrected chi connectivity index (χ3v) is 4.38. The average molecular weight is 267 g/mol. The second-order valence-corrected chi connectivity index (χ2v) is 5.71. The normalized spacial score (nSPS) is 21.7. The molecular formula is C14H25N3O2. The highest BCUT2D eigenvalue weighted by atomic mass is 16.2. The van der Waals surface area contributed by atoms with E-state index < -0.39 is 0 Å². The van der Waals surface area contributed by atoms with Gasteiger partial charge in [0, 0.05) is 19.0 Å². The lowest BCUT2D eigenvalue weighted by atomic mass is 9.76. The topological polar surface area (TPSA) is 70.2 Å². The molecular weight excluding hydrogens is 242 g/mol. The molecule has 2 fully saturated rings. The van der Waals surface area contributed by atoms with Gasteiger partial charge in [-0.15, -0.1) is 0 Å². The Kier molecular flexibility index (Phi) is 4.80. The molecule has 1 saturated carbocycles. The van der Waals surface area contributed by atoms with E-state index in [1.54, 1.807) is 0 Å². The van der Waals surface area contributed by atoms with Gasteiger partial charge < -0.3 is 16.0 Å². The first-order valence-electron chi connectivity index (χ1n) is 7.45. The molecule has 1 aliphatic carbocycles. The molecule has 0 atom stereocenters. The van der Waals surface area contributed by atoms with Crippen molar-refractivity contribution in [3.05, 3.63) is 0 Å². The van der Waals surface area contributed by atoms with Gasteiger partial charge in [-0.1, -0.05) is 6.92 Å². The van der Waals surface area contributed by atoms with Gasteiger partial charge >= 0.3 is 0 Å². The van der Waals surface area contributed by atoms with Crippen molar-refractivity contribution < 1.29 is 9.59 Å². The lowest BCUT2D eigenvalue weighted by molar-refractivity contribution is -0.133. The number of hydrogen-bond acceptors (Lipinski definition) is 3. The molecule has 0 aromatic carbocycles. The van der Waals surface area contributed by atoms with Crippen LogP contribution in [0.1, 0.15) is 39.0 Å². The van der Waals surface area contributed by atoms with E-state index in [1.165, 1.54) is 0 Å². The highest BCUT2D eigenvalue weighted by Gasteiger charge is 2.37. The summed E-state index contributed by atoms with van der Waals surface area (Å²) in [5, 5.41) is 9.14. The van der Waals surface area contributed by atoms with Gasteiger partial charge in [0.25, 0.3) is 0 Å². The van der Waals surface area contributed by atoms with Gasteiger partial charge in [-0.3, -0.25) is 9.59 Å².